The van der Waals surface area contributed by atoms with Crippen molar-refractivity contribution < 1.29 is 10.0 Å². The van der Waals surface area contributed by atoms with Crippen molar-refractivity contribution >= 4 is 0 Å². The van der Waals surface area contributed by atoms with Gasteiger partial charge in [-0.25, -0.2) is 0 Å². The lowest BCUT2D eigenvalue weighted by Crippen LogP contribution is -2.44. The van der Waals surface area contributed by atoms with Gasteiger partial charge in [0.2, 0.25) is 6.54 Å². The fourth-order valence-electron chi connectivity index (χ4n) is 2.92. The van der Waals surface area contributed by atoms with Crippen molar-refractivity contribution in [1.29, 1.82) is 0 Å². The molecule has 1 N–H and O–H groups in total. The van der Waals surface area contributed by atoms with Gasteiger partial charge in [0.25, 0.3) is 0 Å². The molecule has 1 atom stereocenters. The fraction of sp³-hybridized carbons (Fsp3) is 0.222. The fourth-order valence-corrected chi connectivity index (χ4v) is 2.92. The van der Waals surface area contributed by atoms with Crippen LogP contribution in [0.1, 0.15) is 17.5 Å². The molecule has 0 radical (unpaired) electrons. The van der Waals surface area contributed by atoms with Gasteiger partial charge >= 0.3 is 0 Å². The van der Waals surface area contributed by atoms with Gasteiger partial charge in [0, 0.05) is 4.92 Å². The van der Waals surface area contributed by atoms with E-state index in [1.54, 1.807) is 6.08 Å². The van der Waals surface area contributed by atoms with E-state index in [4.69, 9.17) is 0 Å². The van der Waals surface area contributed by atoms with Crippen LogP contribution in [0.5, 0.6) is 0 Å². The Balaban J connectivity index is 2.64. The molecule has 0 aliphatic carbocycles. The summed E-state index contributed by atoms with van der Waals surface area (Å²) in [5.41, 5.74) is 0.808. The summed E-state index contributed by atoms with van der Waals surface area (Å²) in [5, 5.41) is 21.6. The first-order chi connectivity index (χ1) is 10.6. The summed E-state index contributed by atoms with van der Waals surface area (Å²) >= 11 is 0. The molecule has 0 saturated carbocycles. The van der Waals surface area contributed by atoms with Gasteiger partial charge in [-0.15, -0.1) is 6.58 Å². The van der Waals surface area contributed by atoms with Crippen LogP contribution in [0.3, 0.4) is 0 Å². The van der Waals surface area contributed by atoms with Gasteiger partial charge in [-0.1, -0.05) is 66.7 Å². The van der Waals surface area contributed by atoms with Crippen LogP contribution in [0.2, 0.25) is 0 Å². The van der Waals surface area contributed by atoms with Gasteiger partial charge in [-0.05, 0) is 17.5 Å². The van der Waals surface area contributed by atoms with Crippen LogP contribution in [0.25, 0.3) is 0 Å². The monoisotopic (exact) mass is 297 g/mol. The van der Waals surface area contributed by atoms with Crippen LogP contribution < -0.4 is 0 Å². The maximum absolute atomic E-state index is 10.9. The van der Waals surface area contributed by atoms with Crippen molar-refractivity contribution in [3.8, 4) is 0 Å². The number of benzene rings is 2. The summed E-state index contributed by atoms with van der Waals surface area (Å²) in [7, 11) is 0. The quantitative estimate of drug-likeness (QED) is 0.485. The van der Waals surface area contributed by atoms with Crippen LogP contribution in [-0.4, -0.2) is 22.7 Å². The van der Waals surface area contributed by atoms with Crippen molar-refractivity contribution in [2.45, 2.75) is 17.9 Å². The third-order valence-electron chi connectivity index (χ3n) is 3.94. The highest BCUT2D eigenvalue weighted by molar-refractivity contribution is 5.42. The molecule has 0 spiro atoms. The first kappa shape index (κ1) is 15.9. The van der Waals surface area contributed by atoms with E-state index in [0.717, 1.165) is 11.1 Å². The predicted octanol–water partition coefficient (Wildman–Crippen LogP) is 3.19. The molecule has 0 fully saturated rings. The van der Waals surface area contributed by atoms with E-state index < -0.39 is 23.0 Å². The van der Waals surface area contributed by atoms with Crippen molar-refractivity contribution in [2.24, 2.45) is 0 Å². The molecule has 0 aromatic heterocycles. The molecule has 2 aromatic carbocycles. The number of nitrogens with zero attached hydrogens (tertiary/aromatic N) is 1. The first-order valence-electron chi connectivity index (χ1n) is 7.13. The summed E-state index contributed by atoms with van der Waals surface area (Å²) in [6.45, 7) is 3.26. The van der Waals surface area contributed by atoms with Gasteiger partial charge in [0.15, 0.2) is 0 Å². The zero-order valence-electron chi connectivity index (χ0n) is 12.3. The average Bonchev–Trinajstić information content (AvgIpc) is 2.53. The summed E-state index contributed by atoms with van der Waals surface area (Å²) < 4.78 is 0. The first-order valence-corrected chi connectivity index (χ1v) is 7.13. The van der Waals surface area contributed by atoms with Crippen LogP contribution >= 0.6 is 0 Å². The van der Waals surface area contributed by atoms with E-state index in [0.29, 0.717) is 6.42 Å². The molecule has 0 amide bonds. The van der Waals surface area contributed by atoms with Crippen LogP contribution in [-0.2, 0) is 5.41 Å². The third-order valence-corrected chi connectivity index (χ3v) is 3.94. The van der Waals surface area contributed by atoms with E-state index >= 15 is 0 Å². The number of nitro groups is 1. The summed E-state index contributed by atoms with van der Waals surface area (Å²) in [6.07, 6.45) is 0.962. The largest absolute Gasteiger partial charge is 0.385 e. The van der Waals surface area contributed by atoms with E-state index in [2.05, 4.69) is 6.58 Å². The Labute approximate surface area is 129 Å². The Morgan fingerprint density at radius 3 is 1.91 bits per heavy atom. The van der Waals surface area contributed by atoms with Gasteiger partial charge in [-0.3, -0.25) is 10.1 Å². The molecule has 4 heteroatoms. The molecule has 22 heavy (non-hydrogen) atoms. The second-order valence-corrected chi connectivity index (χ2v) is 5.23. The van der Waals surface area contributed by atoms with E-state index in [1.165, 1.54) is 0 Å². The lowest BCUT2D eigenvalue weighted by Gasteiger charge is -2.37. The van der Waals surface area contributed by atoms with Crippen molar-refractivity contribution in [1.82, 2.24) is 0 Å². The molecule has 1 unspecified atom stereocenters. The van der Waals surface area contributed by atoms with Crippen molar-refractivity contribution in [3.63, 3.8) is 0 Å². The SMILES string of the molecule is C=CCC(c1ccccc1)(c1ccccc1)C(O)C[N+](=O)[O-]. The second kappa shape index (κ2) is 7.00. The molecule has 2 rings (SSSR count). The highest BCUT2D eigenvalue weighted by Gasteiger charge is 2.42. The molecule has 2 aromatic rings. The van der Waals surface area contributed by atoms with Crippen LogP contribution in [0.15, 0.2) is 73.3 Å². The zero-order valence-corrected chi connectivity index (χ0v) is 12.3. The summed E-state index contributed by atoms with van der Waals surface area (Å²) in [6, 6.07) is 18.8. The number of aliphatic hydroxyl groups is 1. The number of allylic oxidation sites excluding steroid dienone is 1. The zero-order chi connectivity index (χ0) is 16.0. The number of hydrogen-bond donors (Lipinski definition) is 1. The molecule has 0 heterocycles. The topological polar surface area (TPSA) is 63.4 Å². The Bertz CT molecular complexity index is 586. The Kier molecular flexibility index (Phi) is 5.07. The van der Waals surface area contributed by atoms with Crippen LogP contribution in [0, 0.1) is 10.1 Å². The molecule has 0 aliphatic rings. The van der Waals surface area contributed by atoms with E-state index in [-0.39, 0.29) is 0 Å². The molecule has 0 bridgehead atoms. The second-order valence-electron chi connectivity index (χ2n) is 5.23. The number of rotatable bonds is 7. The van der Waals surface area contributed by atoms with Gasteiger partial charge in [0.05, 0.1) is 5.41 Å². The standard InChI is InChI=1S/C18H19NO3/c1-2-13-18(17(20)14-19(21)22,15-9-5-3-6-10-15)16-11-7-4-8-12-16/h2-12,17,20H,1,13-14H2. The van der Waals surface area contributed by atoms with Gasteiger partial charge < -0.3 is 5.11 Å². The Morgan fingerprint density at radius 2 is 1.55 bits per heavy atom. The third kappa shape index (κ3) is 3.07. The number of hydrogen-bond acceptors (Lipinski definition) is 3. The van der Waals surface area contributed by atoms with Crippen LogP contribution in [0.4, 0.5) is 0 Å². The summed E-state index contributed by atoms with van der Waals surface area (Å²) in [4.78, 5) is 10.5. The molecule has 114 valence electrons. The lowest BCUT2D eigenvalue weighted by atomic mass is 9.68. The van der Waals surface area contributed by atoms with E-state index in [9.17, 15) is 15.2 Å². The Morgan fingerprint density at radius 1 is 1.09 bits per heavy atom. The predicted molar refractivity (Wildman–Crippen MR) is 86.3 cm³/mol. The smallest absolute Gasteiger partial charge is 0.230 e. The summed E-state index contributed by atoms with van der Waals surface area (Å²) in [5.74, 6) is 0. The van der Waals surface area contributed by atoms with Crippen molar-refractivity contribution in [2.75, 3.05) is 6.54 Å². The minimum absolute atomic E-state index is 0.413. The molecular formula is C18H19NO3. The maximum atomic E-state index is 10.9. The molecule has 0 saturated heterocycles. The minimum atomic E-state index is -1.15. The minimum Gasteiger partial charge on any atom is -0.385 e. The number of aliphatic hydroxyl groups excluding tert-OH is 1. The maximum Gasteiger partial charge on any atom is 0.230 e. The highest BCUT2D eigenvalue weighted by atomic mass is 16.6. The molecular weight excluding hydrogens is 278 g/mol. The van der Waals surface area contributed by atoms with Crippen molar-refractivity contribution in [3.05, 3.63) is 94.6 Å². The molecule has 4 nitrogen and oxygen atoms in total. The van der Waals surface area contributed by atoms with Gasteiger partial charge in [-0.2, -0.15) is 0 Å². The Hall–Kier alpha value is -2.46. The average molecular weight is 297 g/mol. The van der Waals surface area contributed by atoms with Gasteiger partial charge in [0.1, 0.15) is 6.10 Å². The normalized spacial score (nSPS) is 12.6. The van der Waals surface area contributed by atoms with E-state index in [1.807, 2.05) is 60.7 Å². The molecule has 0 aliphatic heterocycles. The highest BCUT2D eigenvalue weighted by Crippen LogP contribution is 2.39. The lowest BCUT2D eigenvalue weighted by molar-refractivity contribution is -0.492.